The number of likely N-dealkylation sites (tertiary alicyclic amines) is 1. The Balaban J connectivity index is 1.69. The van der Waals surface area contributed by atoms with Crippen molar-refractivity contribution < 1.29 is 14.6 Å². The number of carboxylic acids is 1. The monoisotopic (exact) mass is 381 g/mol. The van der Waals surface area contributed by atoms with Crippen LogP contribution in [0.25, 0.3) is 10.1 Å². The highest BCUT2D eigenvalue weighted by atomic mass is 32.1. The van der Waals surface area contributed by atoms with E-state index in [0.717, 1.165) is 18.8 Å². The molecule has 4 nitrogen and oxygen atoms in total. The molecule has 5 heteroatoms. The van der Waals surface area contributed by atoms with Crippen LogP contribution in [0, 0.1) is 5.92 Å². The van der Waals surface area contributed by atoms with E-state index >= 15 is 0 Å². The van der Waals surface area contributed by atoms with Gasteiger partial charge in [0, 0.05) is 9.58 Å². The number of hydrogen-bond donors (Lipinski definition) is 1. The molecule has 4 rings (SSSR count). The summed E-state index contributed by atoms with van der Waals surface area (Å²) in [6.07, 6.45) is 1.40. The lowest BCUT2D eigenvalue weighted by Gasteiger charge is -2.36. The van der Waals surface area contributed by atoms with Crippen molar-refractivity contribution in [2.24, 2.45) is 5.92 Å². The third kappa shape index (κ3) is 3.70. The summed E-state index contributed by atoms with van der Waals surface area (Å²) < 4.78 is 6.60. The summed E-state index contributed by atoms with van der Waals surface area (Å²) in [5.74, 6) is -0.0453. The average Bonchev–Trinajstić information content (AvgIpc) is 3.12. The molecule has 0 amide bonds. The summed E-state index contributed by atoms with van der Waals surface area (Å²) in [6.45, 7) is 1.59. The van der Waals surface area contributed by atoms with Crippen molar-refractivity contribution in [2.45, 2.75) is 18.9 Å². The van der Waals surface area contributed by atoms with Crippen molar-refractivity contribution in [2.75, 3.05) is 20.2 Å². The van der Waals surface area contributed by atoms with Gasteiger partial charge in [0.15, 0.2) is 0 Å². The number of rotatable bonds is 5. The molecule has 1 unspecified atom stereocenters. The van der Waals surface area contributed by atoms with Gasteiger partial charge in [-0.25, -0.2) is 0 Å². The molecule has 2 aromatic carbocycles. The Morgan fingerprint density at radius 3 is 2.48 bits per heavy atom. The van der Waals surface area contributed by atoms with Gasteiger partial charge in [-0.3, -0.25) is 9.69 Å². The number of thiophene rings is 1. The third-order valence-electron chi connectivity index (χ3n) is 5.39. The van der Waals surface area contributed by atoms with E-state index in [4.69, 9.17) is 4.74 Å². The minimum atomic E-state index is -0.669. The van der Waals surface area contributed by atoms with Gasteiger partial charge in [-0.15, -0.1) is 11.3 Å². The second kappa shape index (κ2) is 7.71. The average molecular weight is 381 g/mol. The van der Waals surface area contributed by atoms with Gasteiger partial charge in [-0.05, 0) is 61.1 Å². The number of nitrogens with zero attached hydrogens (tertiary/aromatic N) is 1. The first-order chi connectivity index (χ1) is 13.2. The van der Waals surface area contributed by atoms with E-state index in [1.165, 1.54) is 20.5 Å². The molecule has 0 aliphatic carbocycles. The number of ether oxygens (including phenoxy) is 1. The molecule has 1 fully saturated rings. The van der Waals surface area contributed by atoms with Gasteiger partial charge in [-0.1, -0.05) is 30.3 Å². The van der Waals surface area contributed by atoms with Crippen molar-refractivity contribution in [3.05, 3.63) is 65.0 Å². The van der Waals surface area contributed by atoms with Crippen LogP contribution in [0.15, 0.2) is 54.6 Å². The van der Waals surface area contributed by atoms with Crippen LogP contribution < -0.4 is 4.74 Å². The molecule has 1 N–H and O–H groups in total. The number of methoxy groups -OCH3 is 1. The predicted octanol–water partition coefficient (Wildman–Crippen LogP) is 4.80. The summed E-state index contributed by atoms with van der Waals surface area (Å²) in [5.41, 5.74) is 1.22. The molecule has 0 spiro atoms. The number of carboxylic acid groups (broad SMARTS) is 1. The van der Waals surface area contributed by atoms with E-state index in [0.29, 0.717) is 12.8 Å². The van der Waals surface area contributed by atoms with Crippen molar-refractivity contribution in [3.8, 4) is 5.75 Å². The summed E-state index contributed by atoms with van der Waals surface area (Å²) in [6, 6.07) is 19.1. The highest BCUT2D eigenvalue weighted by Gasteiger charge is 2.31. The Hall–Kier alpha value is -2.37. The minimum Gasteiger partial charge on any atom is -0.497 e. The smallest absolute Gasteiger partial charge is 0.306 e. The molecule has 27 heavy (non-hydrogen) atoms. The number of fused-ring (bicyclic) bond motifs is 1. The Labute approximate surface area is 163 Å². The Morgan fingerprint density at radius 2 is 1.85 bits per heavy atom. The Kier molecular flexibility index (Phi) is 5.14. The third-order valence-corrected chi connectivity index (χ3v) is 6.56. The molecule has 1 atom stereocenters. The van der Waals surface area contributed by atoms with Crippen molar-refractivity contribution in [3.63, 3.8) is 0 Å². The predicted molar refractivity (Wildman–Crippen MR) is 109 cm³/mol. The van der Waals surface area contributed by atoms with Crippen LogP contribution in [0.5, 0.6) is 5.75 Å². The summed E-state index contributed by atoms with van der Waals surface area (Å²) in [4.78, 5) is 15.1. The largest absolute Gasteiger partial charge is 0.497 e. The highest BCUT2D eigenvalue weighted by molar-refractivity contribution is 7.19. The number of carbonyl (C=O) groups is 1. The second-order valence-electron chi connectivity index (χ2n) is 7.01. The van der Waals surface area contributed by atoms with Gasteiger partial charge in [0.1, 0.15) is 5.75 Å². The van der Waals surface area contributed by atoms with Crippen LogP contribution in [0.3, 0.4) is 0 Å². The standard InChI is InChI=1S/C22H23NO3S/c1-26-18-8-6-15(7-9-18)21(23-12-10-16(11-13-23)22(24)25)20-14-17-4-2-3-5-19(17)27-20/h2-9,14,16,21H,10-13H2,1H3,(H,24,25). The zero-order valence-electron chi connectivity index (χ0n) is 15.3. The summed E-state index contributed by atoms with van der Waals surface area (Å²) >= 11 is 1.82. The fraction of sp³-hybridized carbons (Fsp3) is 0.318. The molecule has 1 aliphatic rings. The number of aliphatic carboxylic acids is 1. The lowest BCUT2D eigenvalue weighted by Crippen LogP contribution is -2.39. The number of benzene rings is 2. The van der Waals surface area contributed by atoms with Crippen molar-refractivity contribution in [1.29, 1.82) is 0 Å². The van der Waals surface area contributed by atoms with Gasteiger partial charge in [-0.2, -0.15) is 0 Å². The number of piperidine rings is 1. The molecule has 0 radical (unpaired) electrons. The molecule has 0 bridgehead atoms. The minimum absolute atomic E-state index is 0.142. The normalized spacial score (nSPS) is 17.1. The van der Waals surface area contributed by atoms with Crippen LogP contribution in [-0.4, -0.2) is 36.2 Å². The quantitative estimate of drug-likeness (QED) is 0.690. The molecule has 140 valence electrons. The van der Waals surface area contributed by atoms with E-state index in [1.807, 2.05) is 23.5 Å². The fourth-order valence-corrected chi connectivity index (χ4v) is 5.11. The lowest BCUT2D eigenvalue weighted by molar-refractivity contribution is -0.143. The molecule has 2 heterocycles. The maximum atomic E-state index is 11.3. The molecule has 3 aromatic rings. The molecule has 1 aliphatic heterocycles. The first-order valence-electron chi connectivity index (χ1n) is 9.25. The van der Waals surface area contributed by atoms with Crippen molar-refractivity contribution >= 4 is 27.4 Å². The van der Waals surface area contributed by atoms with Gasteiger partial charge < -0.3 is 9.84 Å². The highest BCUT2D eigenvalue weighted by Crippen LogP contribution is 2.39. The fourth-order valence-electron chi connectivity index (χ4n) is 3.88. The zero-order chi connectivity index (χ0) is 18.8. The van der Waals surface area contributed by atoms with E-state index in [-0.39, 0.29) is 12.0 Å². The lowest BCUT2D eigenvalue weighted by atomic mass is 9.93. The van der Waals surface area contributed by atoms with E-state index in [9.17, 15) is 9.90 Å². The van der Waals surface area contributed by atoms with E-state index in [1.54, 1.807) is 7.11 Å². The van der Waals surface area contributed by atoms with Gasteiger partial charge in [0.2, 0.25) is 0 Å². The van der Waals surface area contributed by atoms with Crippen LogP contribution in [0.1, 0.15) is 29.3 Å². The summed E-state index contributed by atoms with van der Waals surface area (Å²) in [5, 5.41) is 10.6. The van der Waals surface area contributed by atoms with Crippen LogP contribution in [0.2, 0.25) is 0 Å². The van der Waals surface area contributed by atoms with Crippen molar-refractivity contribution in [1.82, 2.24) is 4.90 Å². The SMILES string of the molecule is COc1ccc(C(c2cc3ccccc3s2)N2CCC(C(=O)O)CC2)cc1. The van der Waals surface area contributed by atoms with Crippen LogP contribution in [0.4, 0.5) is 0 Å². The van der Waals surface area contributed by atoms with Crippen LogP contribution in [-0.2, 0) is 4.79 Å². The second-order valence-corrected chi connectivity index (χ2v) is 8.13. The molecule has 0 saturated carbocycles. The van der Waals surface area contributed by atoms with Gasteiger partial charge >= 0.3 is 5.97 Å². The Bertz CT molecular complexity index is 893. The van der Waals surface area contributed by atoms with E-state index < -0.39 is 5.97 Å². The van der Waals surface area contributed by atoms with Gasteiger partial charge in [0.05, 0.1) is 19.1 Å². The molecule has 1 aromatic heterocycles. The molecular weight excluding hydrogens is 358 g/mol. The molecule has 1 saturated heterocycles. The molecular formula is C22H23NO3S. The number of hydrogen-bond acceptors (Lipinski definition) is 4. The Morgan fingerprint density at radius 1 is 1.15 bits per heavy atom. The van der Waals surface area contributed by atoms with Gasteiger partial charge in [0.25, 0.3) is 0 Å². The maximum Gasteiger partial charge on any atom is 0.306 e. The zero-order valence-corrected chi connectivity index (χ0v) is 16.1. The topological polar surface area (TPSA) is 49.8 Å². The summed E-state index contributed by atoms with van der Waals surface area (Å²) in [7, 11) is 1.68. The maximum absolute atomic E-state index is 11.3. The first kappa shape index (κ1) is 18.0. The van der Waals surface area contributed by atoms with Crippen LogP contribution >= 0.6 is 11.3 Å². The first-order valence-corrected chi connectivity index (χ1v) is 10.1. The van der Waals surface area contributed by atoms with E-state index in [2.05, 4.69) is 47.4 Å².